The predicted octanol–water partition coefficient (Wildman–Crippen LogP) is 6.65. The van der Waals surface area contributed by atoms with Gasteiger partial charge >= 0.3 is 13.4 Å². The monoisotopic (exact) mass is 778 g/mol. The van der Waals surface area contributed by atoms with Gasteiger partial charge in [-0.15, -0.1) is 0 Å². The summed E-state index contributed by atoms with van der Waals surface area (Å²) in [4.78, 5) is 27.6. The third-order valence-electron chi connectivity index (χ3n) is 9.39. The Labute approximate surface area is 320 Å². The van der Waals surface area contributed by atoms with Crippen molar-refractivity contribution >= 4 is 7.75 Å². The van der Waals surface area contributed by atoms with Crippen LogP contribution in [0.4, 0.5) is 4.39 Å². The fourth-order valence-electron chi connectivity index (χ4n) is 6.91. The molecule has 0 aliphatic carbocycles. The number of H-pyrrole nitrogens is 1. The second-order valence-corrected chi connectivity index (χ2v) is 15.5. The third kappa shape index (κ3) is 8.78. The minimum atomic E-state index is -4.37. The van der Waals surface area contributed by atoms with E-state index in [1.54, 1.807) is 66.2 Å². The highest BCUT2D eigenvalue weighted by atomic mass is 31.2. The SMILES string of the molecule is COc1ccc(C(OC[C@H]2O[C@@H](n3cc(C)c(=O)[nH]c3=O)[C@H](F)[C@@H]2OP(=O)(OCCC#N)N(C(C)C)C(C)C)(c2ccccc2)c2ccc(OC)cc2)cc1. The summed E-state index contributed by atoms with van der Waals surface area (Å²) in [5.74, 6) is 1.23. The van der Waals surface area contributed by atoms with Gasteiger partial charge in [0.25, 0.3) is 5.56 Å². The molecule has 3 aromatic carbocycles. The molecule has 55 heavy (non-hydrogen) atoms. The second kappa shape index (κ2) is 17.9. The van der Waals surface area contributed by atoms with Crippen LogP contribution in [0, 0.1) is 18.3 Å². The molecular formula is C40H48FN4O9P. The van der Waals surface area contributed by atoms with Gasteiger partial charge < -0.3 is 18.9 Å². The zero-order chi connectivity index (χ0) is 39.9. The number of aromatic nitrogens is 2. The van der Waals surface area contributed by atoms with Gasteiger partial charge in [0.1, 0.15) is 29.3 Å². The maximum absolute atomic E-state index is 17.1. The lowest BCUT2D eigenvalue weighted by Gasteiger charge is -2.39. The van der Waals surface area contributed by atoms with Gasteiger partial charge in [0.2, 0.25) is 0 Å². The average molecular weight is 779 g/mol. The van der Waals surface area contributed by atoms with Crippen molar-refractivity contribution in [2.45, 2.75) is 83.3 Å². The first-order valence-corrected chi connectivity index (χ1v) is 19.5. The first kappa shape index (κ1) is 41.6. The van der Waals surface area contributed by atoms with Gasteiger partial charge in [-0.25, -0.2) is 18.4 Å². The summed E-state index contributed by atoms with van der Waals surface area (Å²) in [5, 5.41) is 9.26. The van der Waals surface area contributed by atoms with Crippen LogP contribution in [0.5, 0.6) is 11.5 Å². The molecule has 294 valence electrons. The lowest BCUT2D eigenvalue weighted by Crippen LogP contribution is -2.42. The Morgan fingerprint density at radius 3 is 1.98 bits per heavy atom. The maximum Gasteiger partial charge on any atom is 0.409 e. The van der Waals surface area contributed by atoms with Crippen molar-refractivity contribution in [1.29, 1.82) is 5.26 Å². The van der Waals surface area contributed by atoms with Crippen molar-refractivity contribution < 1.29 is 37.0 Å². The van der Waals surface area contributed by atoms with Crippen LogP contribution in [-0.4, -0.2) is 72.1 Å². The smallest absolute Gasteiger partial charge is 0.409 e. The van der Waals surface area contributed by atoms with Crippen LogP contribution >= 0.6 is 7.75 Å². The normalized spacial score (nSPS) is 19.7. The molecule has 5 rings (SSSR count). The molecule has 13 nitrogen and oxygen atoms in total. The van der Waals surface area contributed by atoms with Gasteiger partial charge in [0, 0.05) is 23.8 Å². The van der Waals surface area contributed by atoms with Gasteiger partial charge in [-0.1, -0.05) is 54.6 Å². The van der Waals surface area contributed by atoms with E-state index in [-0.39, 0.29) is 37.3 Å². The number of nitrogens with one attached hydrogen (secondary N) is 1. The van der Waals surface area contributed by atoms with E-state index in [1.165, 1.54) is 17.8 Å². The van der Waals surface area contributed by atoms with Crippen LogP contribution < -0.4 is 20.7 Å². The van der Waals surface area contributed by atoms with Crippen molar-refractivity contribution in [2.24, 2.45) is 0 Å². The molecule has 5 atom stereocenters. The van der Waals surface area contributed by atoms with Crippen molar-refractivity contribution in [3.63, 3.8) is 0 Å². The van der Waals surface area contributed by atoms with Crippen LogP contribution in [0.3, 0.4) is 0 Å². The summed E-state index contributed by atoms with van der Waals surface area (Å²) in [6.45, 7) is 8.06. The van der Waals surface area contributed by atoms with Gasteiger partial charge in [-0.2, -0.15) is 5.26 Å². The first-order chi connectivity index (χ1) is 26.3. The molecule has 0 saturated carbocycles. The number of ether oxygens (including phenoxy) is 4. The van der Waals surface area contributed by atoms with E-state index < -0.39 is 49.2 Å². The molecule has 1 unspecified atom stereocenters. The Morgan fingerprint density at radius 1 is 0.927 bits per heavy atom. The Hall–Kier alpha value is -4.61. The van der Waals surface area contributed by atoms with Crippen LogP contribution in [0.1, 0.15) is 62.6 Å². The number of aromatic amines is 1. The minimum absolute atomic E-state index is 0.0951. The lowest BCUT2D eigenvalue weighted by molar-refractivity contribution is -0.0945. The number of nitrogens with zero attached hydrogens (tertiary/aromatic N) is 3. The van der Waals surface area contributed by atoms with Crippen LogP contribution in [0.25, 0.3) is 0 Å². The first-order valence-electron chi connectivity index (χ1n) is 18.0. The number of halogens is 1. The summed E-state index contributed by atoms with van der Waals surface area (Å²) >= 11 is 0. The van der Waals surface area contributed by atoms with Crippen molar-refractivity contribution in [3.05, 3.63) is 128 Å². The van der Waals surface area contributed by atoms with E-state index >= 15 is 4.39 Å². The predicted molar refractivity (Wildman–Crippen MR) is 204 cm³/mol. The van der Waals surface area contributed by atoms with Gasteiger partial charge in [0.05, 0.1) is 39.9 Å². The zero-order valence-electron chi connectivity index (χ0n) is 32.0. The number of hydrogen-bond donors (Lipinski definition) is 1. The lowest BCUT2D eigenvalue weighted by atomic mass is 9.80. The Morgan fingerprint density at radius 2 is 1.47 bits per heavy atom. The van der Waals surface area contributed by atoms with Gasteiger partial charge in [0.15, 0.2) is 12.4 Å². The highest BCUT2D eigenvalue weighted by molar-refractivity contribution is 7.51. The number of rotatable bonds is 17. The summed E-state index contributed by atoms with van der Waals surface area (Å²) in [5.41, 5.74) is -0.636. The Bertz CT molecular complexity index is 2030. The fraction of sp³-hybridized carbons (Fsp3) is 0.425. The van der Waals surface area contributed by atoms with Crippen LogP contribution in [0.2, 0.25) is 0 Å². The zero-order valence-corrected chi connectivity index (χ0v) is 32.9. The molecule has 0 spiro atoms. The quantitative estimate of drug-likeness (QED) is 0.0697. The molecular weight excluding hydrogens is 730 g/mol. The molecule has 1 saturated heterocycles. The molecule has 1 N–H and O–H groups in total. The highest BCUT2D eigenvalue weighted by Crippen LogP contribution is 2.58. The van der Waals surface area contributed by atoms with Crippen molar-refractivity contribution in [2.75, 3.05) is 27.4 Å². The molecule has 1 aromatic heterocycles. The largest absolute Gasteiger partial charge is 0.497 e. The van der Waals surface area contributed by atoms with Crippen molar-refractivity contribution in [1.82, 2.24) is 14.2 Å². The summed E-state index contributed by atoms with van der Waals surface area (Å²) in [6.07, 6.45) is -5.54. The number of methoxy groups -OCH3 is 2. The van der Waals surface area contributed by atoms with E-state index in [0.29, 0.717) is 22.6 Å². The fourth-order valence-corrected chi connectivity index (χ4v) is 9.22. The number of benzene rings is 3. The summed E-state index contributed by atoms with van der Waals surface area (Å²) in [7, 11) is -1.23. The van der Waals surface area contributed by atoms with E-state index in [1.807, 2.05) is 60.7 Å². The van der Waals surface area contributed by atoms with E-state index in [2.05, 4.69) is 4.98 Å². The number of nitriles is 1. The maximum atomic E-state index is 17.1. The molecule has 1 fully saturated rings. The molecule has 0 bridgehead atoms. The summed E-state index contributed by atoms with van der Waals surface area (Å²) < 4.78 is 70.9. The highest BCUT2D eigenvalue weighted by Gasteiger charge is 2.53. The molecule has 0 radical (unpaired) electrons. The average Bonchev–Trinajstić information content (AvgIpc) is 3.47. The molecule has 2 heterocycles. The van der Waals surface area contributed by atoms with E-state index in [0.717, 1.165) is 10.1 Å². The van der Waals surface area contributed by atoms with Crippen molar-refractivity contribution in [3.8, 4) is 17.6 Å². The van der Waals surface area contributed by atoms with E-state index in [9.17, 15) is 19.4 Å². The minimum Gasteiger partial charge on any atom is -0.497 e. The Balaban J connectivity index is 1.67. The number of aryl methyl sites for hydroxylation is 1. The van der Waals surface area contributed by atoms with Gasteiger partial charge in [-0.3, -0.25) is 23.4 Å². The topological polar surface area (TPSA) is 154 Å². The molecule has 1 aliphatic rings. The summed E-state index contributed by atoms with van der Waals surface area (Å²) in [6, 6.07) is 25.3. The number of hydrogen-bond acceptors (Lipinski definition) is 10. The second-order valence-electron chi connectivity index (χ2n) is 13.7. The third-order valence-corrected chi connectivity index (χ3v) is 11.9. The van der Waals surface area contributed by atoms with Crippen LogP contribution in [0.15, 0.2) is 94.6 Å². The molecule has 4 aromatic rings. The molecule has 0 amide bonds. The number of alkyl halides is 1. The molecule has 15 heteroatoms. The standard InChI is InChI=1S/C40H48FN4O9P/c1-26(2)45(27(3)4)55(48,52-23-11-22-42)54-36-34(53-38(35(36)41)44-24-28(5)37(46)43-39(44)47)25-51-40(29-12-9-8-10-13-29,30-14-18-32(49-6)19-15-30)31-16-20-33(50-7)21-17-31/h8-10,12-21,24,26-27,34-36,38H,11,23,25H2,1-7H3,(H,43,46,47)/t34-,35-,36-,38-,55?/m1/s1. The van der Waals surface area contributed by atoms with E-state index in [4.69, 9.17) is 28.0 Å². The van der Waals surface area contributed by atoms with Crippen LogP contribution in [-0.2, 0) is 28.7 Å². The Kier molecular flexibility index (Phi) is 13.5. The van der Waals surface area contributed by atoms with Gasteiger partial charge in [-0.05, 0) is 75.6 Å². The molecule has 1 aliphatic heterocycles.